The number of carbonyl (C=O) groups is 1. The first-order valence-corrected chi connectivity index (χ1v) is 9.59. The first kappa shape index (κ1) is 19.4. The van der Waals surface area contributed by atoms with Gasteiger partial charge in [-0.15, -0.1) is 0 Å². The van der Waals surface area contributed by atoms with Gasteiger partial charge < -0.3 is 25.2 Å². The smallest absolute Gasteiger partial charge is 0.337 e. The van der Waals surface area contributed by atoms with E-state index in [1.165, 1.54) is 6.07 Å². The molecule has 0 radical (unpaired) electrons. The lowest BCUT2D eigenvalue weighted by Gasteiger charge is -2.31. The summed E-state index contributed by atoms with van der Waals surface area (Å²) < 4.78 is 5.46. The highest BCUT2D eigenvalue weighted by Gasteiger charge is 2.20. The lowest BCUT2D eigenvalue weighted by Crippen LogP contribution is -2.36. The molecule has 0 spiro atoms. The van der Waals surface area contributed by atoms with Crippen molar-refractivity contribution in [2.24, 2.45) is 0 Å². The van der Waals surface area contributed by atoms with Crippen LogP contribution in [0.2, 0.25) is 5.02 Å². The van der Waals surface area contributed by atoms with Gasteiger partial charge in [-0.25, -0.2) is 4.79 Å². The highest BCUT2D eigenvalue weighted by Crippen LogP contribution is 2.37. The number of carboxylic acids is 1. The fourth-order valence-corrected chi connectivity index (χ4v) is 3.61. The number of carboxylic acid groups (broad SMARTS) is 1. The molecule has 2 heterocycles. The van der Waals surface area contributed by atoms with Gasteiger partial charge in [0.2, 0.25) is 0 Å². The van der Waals surface area contributed by atoms with Crippen molar-refractivity contribution in [1.29, 1.82) is 0 Å². The van der Waals surface area contributed by atoms with Crippen LogP contribution in [0.15, 0.2) is 42.6 Å². The van der Waals surface area contributed by atoms with Crippen LogP contribution in [0.25, 0.3) is 10.9 Å². The number of fused-ring (bicyclic) bond motifs is 1. The molecule has 1 fully saturated rings. The molecule has 0 amide bonds. The minimum absolute atomic E-state index is 0.0801. The molecule has 0 bridgehead atoms. The molecule has 150 valence electrons. The summed E-state index contributed by atoms with van der Waals surface area (Å²) in [6, 6.07) is 10.2. The first-order chi connectivity index (χ1) is 14.1. The van der Waals surface area contributed by atoms with E-state index in [4.69, 9.17) is 16.3 Å². The second-order valence-corrected chi connectivity index (χ2v) is 7.18. The van der Waals surface area contributed by atoms with Gasteiger partial charge in [0.05, 0.1) is 54.2 Å². The van der Waals surface area contributed by atoms with Crippen LogP contribution in [0.5, 0.6) is 0 Å². The van der Waals surface area contributed by atoms with Gasteiger partial charge in [0.15, 0.2) is 0 Å². The molecular weight excluding hydrogens is 394 g/mol. The van der Waals surface area contributed by atoms with Crippen molar-refractivity contribution >= 4 is 45.5 Å². The number of hydrogen-bond donors (Lipinski definition) is 3. The Balaban J connectivity index is 1.87. The average molecular weight is 414 g/mol. The monoisotopic (exact) mass is 413 g/mol. The van der Waals surface area contributed by atoms with Crippen LogP contribution < -0.4 is 10.2 Å². The standard InChI is InChI=1S/C21H20ClN3O4/c22-14-2-4-17-15(10-14)20(19(11-23-17)25-5-7-29-8-6-25)24-18-3-1-13(12-26)9-16(18)21(27)28/h1-4,9-11,26H,5-8,12H2,(H,23,24)(H,27,28). The van der Waals surface area contributed by atoms with E-state index in [9.17, 15) is 15.0 Å². The molecule has 1 aliphatic heterocycles. The number of pyridine rings is 1. The second kappa shape index (κ2) is 8.24. The Morgan fingerprint density at radius 1 is 1.21 bits per heavy atom. The van der Waals surface area contributed by atoms with E-state index >= 15 is 0 Å². The predicted molar refractivity (Wildman–Crippen MR) is 112 cm³/mol. The van der Waals surface area contributed by atoms with Crippen molar-refractivity contribution in [1.82, 2.24) is 4.98 Å². The largest absolute Gasteiger partial charge is 0.478 e. The van der Waals surface area contributed by atoms with Crippen LogP contribution in [0, 0.1) is 0 Å². The van der Waals surface area contributed by atoms with Gasteiger partial charge in [-0.1, -0.05) is 17.7 Å². The van der Waals surface area contributed by atoms with Gasteiger partial charge in [-0.2, -0.15) is 0 Å². The lowest BCUT2D eigenvalue weighted by atomic mass is 10.1. The number of nitrogens with zero attached hydrogens (tertiary/aromatic N) is 2. The Bertz CT molecular complexity index is 1070. The molecular formula is C21H20ClN3O4. The molecule has 2 aromatic carbocycles. The number of aromatic nitrogens is 1. The van der Waals surface area contributed by atoms with Crippen molar-refractivity contribution < 1.29 is 19.7 Å². The van der Waals surface area contributed by atoms with Crippen LogP contribution in [0.3, 0.4) is 0 Å². The minimum atomic E-state index is -1.08. The zero-order valence-electron chi connectivity index (χ0n) is 15.6. The summed E-state index contributed by atoms with van der Waals surface area (Å²) in [6.45, 7) is 2.40. The topological polar surface area (TPSA) is 94.9 Å². The second-order valence-electron chi connectivity index (χ2n) is 6.75. The van der Waals surface area contributed by atoms with Crippen molar-refractivity contribution in [3.63, 3.8) is 0 Å². The van der Waals surface area contributed by atoms with Crippen molar-refractivity contribution in [2.45, 2.75) is 6.61 Å². The van der Waals surface area contributed by atoms with Gasteiger partial charge in [0.25, 0.3) is 0 Å². The van der Waals surface area contributed by atoms with Gasteiger partial charge in [-0.3, -0.25) is 4.98 Å². The van der Waals surface area contributed by atoms with Crippen molar-refractivity contribution in [2.75, 3.05) is 36.5 Å². The molecule has 1 saturated heterocycles. The Morgan fingerprint density at radius 2 is 2.00 bits per heavy atom. The number of nitrogens with one attached hydrogen (secondary N) is 1. The van der Waals surface area contributed by atoms with Gasteiger partial charge in [0, 0.05) is 23.5 Å². The Hall–Kier alpha value is -2.87. The Labute approximate surface area is 172 Å². The van der Waals surface area contributed by atoms with E-state index in [0.29, 0.717) is 42.6 Å². The summed E-state index contributed by atoms with van der Waals surface area (Å²) in [5.41, 5.74) is 3.37. The minimum Gasteiger partial charge on any atom is -0.478 e. The summed E-state index contributed by atoms with van der Waals surface area (Å²) in [5.74, 6) is -1.08. The molecule has 29 heavy (non-hydrogen) atoms. The highest BCUT2D eigenvalue weighted by atomic mass is 35.5. The summed E-state index contributed by atoms with van der Waals surface area (Å²) in [4.78, 5) is 18.5. The fourth-order valence-electron chi connectivity index (χ4n) is 3.44. The van der Waals surface area contributed by atoms with Crippen LogP contribution in [0.1, 0.15) is 15.9 Å². The summed E-state index contributed by atoms with van der Waals surface area (Å²) in [6.07, 6.45) is 1.78. The lowest BCUT2D eigenvalue weighted by molar-refractivity contribution is 0.0698. The number of morpholine rings is 1. The van der Waals surface area contributed by atoms with Crippen molar-refractivity contribution in [3.05, 3.63) is 58.7 Å². The van der Waals surface area contributed by atoms with Crippen LogP contribution in [-0.4, -0.2) is 47.5 Å². The summed E-state index contributed by atoms with van der Waals surface area (Å²) in [5, 5.41) is 23.7. The number of ether oxygens (including phenoxy) is 1. The molecule has 1 aromatic heterocycles. The van der Waals surface area contributed by atoms with E-state index in [0.717, 1.165) is 22.3 Å². The molecule has 3 aromatic rings. The maximum Gasteiger partial charge on any atom is 0.337 e. The zero-order chi connectivity index (χ0) is 20.4. The third kappa shape index (κ3) is 3.98. The first-order valence-electron chi connectivity index (χ1n) is 9.22. The van der Waals surface area contributed by atoms with Crippen LogP contribution >= 0.6 is 11.6 Å². The van der Waals surface area contributed by atoms with Crippen molar-refractivity contribution in [3.8, 4) is 0 Å². The number of hydrogen-bond acceptors (Lipinski definition) is 6. The maximum absolute atomic E-state index is 11.8. The molecule has 8 heteroatoms. The zero-order valence-corrected chi connectivity index (χ0v) is 16.3. The number of aromatic carboxylic acids is 1. The molecule has 7 nitrogen and oxygen atoms in total. The fraction of sp³-hybridized carbons (Fsp3) is 0.238. The van der Waals surface area contributed by atoms with Gasteiger partial charge in [0.1, 0.15) is 0 Å². The summed E-state index contributed by atoms with van der Waals surface area (Å²) >= 11 is 6.24. The Morgan fingerprint density at radius 3 is 2.72 bits per heavy atom. The molecule has 3 N–H and O–H groups in total. The number of rotatable bonds is 5. The molecule has 0 atom stereocenters. The third-order valence-corrected chi connectivity index (χ3v) is 5.15. The number of aliphatic hydroxyl groups is 1. The number of anilines is 3. The molecule has 1 aliphatic rings. The van der Waals surface area contributed by atoms with E-state index in [2.05, 4.69) is 15.2 Å². The molecule has 0 saturated carbocycles. The molecule has 4 rings (SSSR count). The maximum atomic E-state index is 11.8. The van der Waals surface area contributed by atoms with E-state index in [1.54, 1.807) is 24.4 Å². The van der Waals surface area contributed by atoms with Gasteiger partial charge in [-0.05, 0) is 35.9 Å². The summed E-state index contributed by atoms with van der Waals surface area (Å²) in [7, 11) is 0. The highest BCUT2D eigenvalue weighted by molar-refractivity contribution is 6.31. The quantitative estimate of drug-likeness (QED) is 0.587. The molecule has 0 aliphatic carbocycles. The normalized spacial score (nSPS) is 14.2. The number of aliphatic hydroxyl groups excluding tert-OH is 1. The number of benzene rings is 2. The average Bonchev–Trinajstić information content (AvgIpc) is 2.74. The SMILES string of the molecule is O=C(O)c1cc(CO)ccc1Nc1c(N2CCOCC2)cnc2ccc(Cl)cc12. The van der Waals surface area contributed by atoms with E-state index in [1.807, 2.05) is 12.1 Å². The van der Waals surface area contributed by atoms with Gasteiger partial charge >= 0.3 is 5.97 Å². The predicted octanol–water partition coefficient (Wildman–Crippen LogP) is 3.66. The van der Waals surface area contributed by atoms with E-state index in [-0.39, 0.29) is 12.2 Å². The molecule has 0 unspecified atom stereocenters. The number of halogens is 1. The van der Waals surface area contributed by atoms with Crippen LogP contribution in [-0.2, 0) is 11.3 Å². The van der Waals surface area contributed by atoms with Crippen LogP contribution in [0.4, 0.5) is 17.1 Å². The Kier molecular flexibility index (Phi) is 5.53. The third-order valence-electron chi connectivity index (χ3n) is 4.92. The van der Waals surface area contributed by atoms with E-state index < -0.39 is 5.97 Å².